The first-order valence-corrected chi connectivity index (χ1v) is 7.31. The lowest BCUT2D eigenvalue weighted by molar-refractivity contribution is 0.305. The Bertz CT molecular complexity index is 382. The van der Waals surface area contributed by atoms with Crippen LogP contribution in [0.15, 0.2) is 12.1 Å². The highest BCUT2D eigenvalue weighted by Crippen LogP contribution is 2.35. The first-order valence-electron chi connectivity index (χ1n) is 6.17. The molecule has 0 aromatic heterocycles. The van der Waals surface area contributed by atoms with Crippen molar-refractivity contribution in [3.8, 4) is 5.75 Å². The van der Waals surface area contributed by atoms with Gasteiger partial charge in [0.2, 0.25) is 0 Å². The van der Waals surface area contributed by atoms with Gasteiger partial charge in [0.15, 0.2) is 5.75 Å². The molecule has 1 saturated carbocycles. The number of benzene rings is 1. The quantitative estimate of drug-likeness (QED) is 0.805. The Morgan fingerprint density at radius 2 is 1.72 bits per heavy atom. The van der Waals surface area contributed by atoms with Crippen molar-refractivity contribution in [2.75, 3.05) is 13.2 Å². The van der Waals surface area contributed by atoms with E-state index < -0.39 is 0 Å². The Labute approximate surface area is 123 Å². The van der Waals surface area contributed by atoms with Crippen molar-refractivity contribution in [1.29, 1.82) is 0 Å². The van der Waals surface area contributed by atoms with Crippen LogP contribution in [0.1, 0.15) is 25.7 Å². The van der Waals surface area contributed by atoms with Gasteiger partial charge in [0.05, 0.1) is 10.0 Å². The van der Waals surface area contributed by atoms with Gasteiger partial charge < -0.3 is 10.1 Å². The fourth-order valence-corrected chi connectivity index (χ4v) is 3.14. The van der Waals surface area contributed by atoms with Crippen LogP contribution in [0, 0.1) is 0 Å². The Balaban J connectivity index is 1.79. The van der Waals surface area contributed by atoms with E-state index in [1.165, 1.54) is 25.7 Å². The fraction of sp³-hybridized carbons (Fsp3) is 0.538. The van der Waals surface area contributed by atoms with Gasteiger partial charge in [0, 0.05) is 17.6 Å². The number of hydrogen-bond donors (Lipinski definition) is 1. The van der Waals surface area contributed by atoms with Gasteiger partial charge in [-0.15, -0.1) is 0 Å². The van der Waals surface area contributed by atoms with Crippen LogP contribution in [-0.2, 0) is 0 Å². The van der Waals surface area contributed by atoms with Gasteiger partial charge in [0.25, 0.3) is 0 Å². The summed E-state index contributed by atoms with van der Waals surface area (Å²) in [5.74, 6) is 0.510. The van der Waals surface area contributed by atoms with E-state index in [4.69, 9.17) is 39.5 Å². The maximum absolute atomic E-state index is 6.03. The normalized spacial score (nSPS) is 16.2. The number of rotatable bonds is 5. The van der Waals surface area contributed by atoms with Crippen LogP contribution < -0.4 is 10.1 Å². The van der Waals surface area contributed by atoms with Crippen LogP contribution in [0.5, 0.6) is 5.75 Å². The van der Waals surface area contributed by atoms with Crippen LogP contribution in [0.3, 0.4) is 0 Å². The molecule has 1 N–H and O–H groups in total. The Hall–Kier alpha value is -0.150. The minimum absolute atomic E-state index is 0.452. The molecule has 0 amide bonds. The summed E-state index contributed by atoms with van der Waals surface area (Å²) in [6.45, 7) is 1.36. The van der Waals surface area contributed by atoms with Gasteiger partial charge in [-0.05, 0) is 25.0 Å². The predicted octanol–water partition coefficient (Wildman–Crippen LogP) is 4.56. The lowest BCUT2D eigenvalue weighted by Crippen LogP contribution is -2.30. The van der Waals surface area contributed by atoms with Gasteiger partial charge in [-0.25, -0.2) is 0 Å². The van der Waals surface area contributed by atoms with Gasteiger partial charge in [-0.3, -0.25) is 0 Å². The number of nitrogens with one attached hydrogen (secondary N) is 1. The number of ether oxygens (including phenoxy) is 1. The standard InChI is InChI=1S/C13H16Cl3NO/c14-9-7-11(15)13(12(16)8-9)18-6-5-17-10-3-1-2-4-10/h7-8,10,17H,1-6H2. The van der Waals surface area contributed by atoms with Gasteiger partial charge in [0.1, 0.15) is 6.61 Å². The van der Waals surface area contributed by atoms with Crippen LogP contribution in [-0.4, -0.2) is 19.2 Å². The fourth-order valence-electron chi connectivity index (χ4n) is 2.21. The molecule has 1 aliphatic rings. The van der Waals surface area contributed by atoms with Crippen molar-refractivity contribution >= 4 is 34.8 Å². The molecule has 0 heterocycles. The average Bonchev–Trinajstić information content (AvgIpc) is 2.79. The summed E-state index contributed by atoms with van der Waals surface area (Å²) in [6.07, 6.45) is 5.19. The molecule has 0 unspecified atom stereocenters. The summed E-state index contributed by atoms with van der Waals surface area (Å²) in [4.78, 5) is 0. The molecule has 2 rings (SSSR count). The molecule has 0 atom stereocenters. The molecule has 0 bridgehead atoms. The summed E-state index contributed by atoms with van der Waals surface area (Å²) < 4.78 is 5.60. The molecule has 2 nitrogen and oxygen atoms in total. The summed E-state index contributed by atoms with van der Waals surface area (Å²) in [5, 5.41) is 4.88. The second-order valence-corrected chi connectivity index (χ2v) is 5.73. The minimum atomic E-state index is 0.452. The van der Waals surface area contributed by atoms with Crippen molar-refractivity contribution in [3.63, 3.8) is 0 Å². The second kappa shape index (κ2) is 6.85. The molecular weight excluding hydrogens is 293 g/mol. The van der Waals surface area contributed by atoms with Crippen molar-refractivity contribution in [2.45, 2.75) is 31.7 Å². The molecule has 5 heteroatoms. The average molecular weight is 309 g/mol. The maximum atomic E-state index is 6.03. The van der Waals surface area contributed by atoms with E-state index in [0.717, 1.165) is 6.54 Å². The third-order valence-corrected chi connectivity index (χ3v) is 3.88. The third kappa shape index (κ3) is 3.92. The highest BCUT2D eigenvalue weighted by molar-refractivity contribution is 6.40. The van der Waals surface area contributed by atoms with Crippen molar-refractivity contribution in [2.24, 2.45) is 0 Å². The Morgan fingerprint density at radius 3 is 2.33 bits per heavy atom. The molecule has 0 spiro atoms. The first-order chi connectivity index (χ1) is 8.66. The molecule has 1 aliphatic carbocycles. The van der Waals surface area contributed by atoms with Gasteiger partial charge in [-0.2, -0.15) is 0 Å². The van der Waals surface area contributed by atoms with E-state index in [9.17, 15) is 0 Å². The smallest absolute Gasteiger partial charge is 0.156 e. The molecule has 100 valence electrons. The molecule has 0 radical (unpaired) electrons. The Kier molecular flexibility index (Phi) is 5.43. The number of hydrogen-bond acceptors (Lipinski definition) is 2. The van der Waals surface area contributed by atoms with E-state index in [0.29, 0.717) is 33.5 Å². The van der Waals surface area contributed by atoms with Crippen molar-refractivity contribution in [1.82, 2.24) is 5.32 Å². The monoisotopic (exact) mass is 307 g/mol. The minimum Gasteiger partial charge on any atom is -0.489 e. The molecule has 18 heavy (non-hydrogen) atoms. The second-order valence-electron chi connectivity index (χ2n) is 4.48. The van der Waals surface area contributed by atoms with Crippen LogP contribution in [0.25, 0.3) is 0 Å². The molecule has 1 aromatic rings. The SMILES string of the molecule is Clc1cc(Cl)c(OCCNC2CCCC2)c(Cl)c1. The van der Waals surface area contributed by atoms with Gasteiger partial charge >= 0.3 is 0 Å². The first kappa shape index (κ1) is 14.3. The summed E-state index contributed by atoms with van der Waals surface area (Å²) >= 11 is 17.9. The lowest BCUT2D eigenvalue weighted by atomic mass is 10.2. The van der Waals surface area contributed by atoms with E-state index in [2.05, 4.69) is 5.32 Å². The Morgan fingerprint density at radius 1 is 1.11 bits per heavy atom. The topological polar surface area (TPSA) is 21.3 Å². The largest absolute Gasteiger partial charge is 0.489 e. The lowest BCUT2D eigenvalue weighted by Gasteiger charge is -2.14. The zero-order valence-corrected chi connectivity index (χ0v) is 12.3. The zero-order chi connectivity index (χ0) is 13.0. The van der Waals surface area contributed by atoms with E-state index in [1.54, 1.807) is 12.1 Å². The van der Waals surface area contributed by atoms with Crippen molar-refractivity contribution < 1.29 is 4.74 Å². The molecule has 0 saturated heterocycles. The van der Waals surface area contributed by atoms with E-state index in [-0.39, 0.29) is 0 Å². The highest BCUT2D eigenvalue weighted by atomic mass is 35.5. The molecule has 1 fully saturated rings. The summed E-state index contributed by atoms with van der Waals surface area (Å²) in [7, 11) is 0. The van der Waals surface area contributed by atoms with E-state index in [1.807, 2.05) is 0 Å². The number of halogens is 3. The van der Waals surface area contributed by atoms with Crippen molar-refractivity contribution in [3.05, 3.63) is 27.2 Å². The summed E-state index contributed by atoms with van der Waals surface area (Å²) in [5.41, 5.74) is 0. The van der Waals surface area contributed by atoms with Gasteiger partial charge in [-0.1, -0.05) is 47.6 Å². The molecule has 1 aromatic carbocycles. The van der Waals surface area contributed by atoms with Crippen LogP contribution in [0.4, 0.5) is 0 Å². The maximum Gasteiger partial charge on any atom is 0.156 e. The predicted molar refractivity (Wildman–Crippen MR) is 77.2 cm³/mol. The summed E-state index contributed by atoms with van der Waals surface area (Å²) in [6, 6.07) is 3.91. The third-order valence-electron chi connectivity index (χ3n) is 3.10. The molecular formula is C13H16Cl3NO. The molecule has 0 aliphatic heterocycles. The van der Waals surface area contributed by atoms with Crippen LogP contribution in [0.2, 0.25) is 15.1 Å². The zero-order valence-electron chi connectivity index (χ0n) is 10.0. The highest BCUT2D eigenvalue weighted by Gasteiger charge is 2.14. The van der Waals surface area contributed by atoms with E-state index >= 15 is 0 Å². The van der Waals surface area contributed by atoms with Crippen LogP contribution >= 0.6 is 34.8 Å².